The number of hydroxylamine groups is 1. The zero-order valence-electron chi connectivity index (χ0n) is 6.13. The number of terminal acetylenes is 1. The maximum Gasteiger partial charge on any atom is 0.128 e. The summed E-state index contributed by atoms with van der Waals surface area (Å²) in [4.78, 5) is 7.87. The predicted molar refractivity (Wildman–Crippen MR) is 42.4 cm³/mol. The molecule has 11 heavy (non-hydrogen) atoms. The van der Waals surface area contributed by atoms with Gasteiger partial charge >= 0.3 is 0 Å². The van der Waals surface area contributed by atoms with Gasteiger partial charge in [0.15, 0.2) is 0 Å². The summed E-state index contributed by atoms with van der Waals surface area (Å²) in [5, 5.41) is 0. The minimum atomic E-state index is 0.292. The summed E-state index contributed by atoms with van der Waals surface area (Å²) in [5.41, 5.74) is 3.79. The molecule has 0 radical (unpaired) electrons. The van der Waals surface area contributed by atoms with Crippen molar-refractivity contribution in [1.29, 1.82) is 0 Å². The molecule has 0 spiro atoms. The molecule has 2 N–H and O–H groups in total. The SMILES string of the molecule is C#CCONCc1ccc[nH]1. The van der Waals surface area contributed by atoms with Gasteiger partial charge in [0.2, 0.25) is 0 Å². The molecular weight excluding hydrogens is 140 g/mol. The zero-order chi connectivity index (χ0) is 7.94. The van der Waals surface area contributed by atoms with Crippen molar-refractivity contribution in [3.63, 3.8) is 0 Å². The van der Waals surface area contributed by atoms with Crippen LogP contribution in [0.15, 0.2) is 18.3 Å². The highest BCUT2D eigenvalue weighted by Crippen LogP contribution is 1.91. The van der Waals surface area contributed by atoms with Gasteiger partial charge in [0.25, 0.3) is 0 Å². The van der Waals surface area contributed by atoms with Gasteiger partial charge in [0.1, 0.15) is 6.61 Å². The maximum absolute atomic E-state index is 4.97. The molecule has 0 aliphatic rings. The summed E-state index contributed by atoms with van der Waals surface area (Å²) in [6.45, 7) is 0.940. The standard InChI is InChI=1S/C8H10N2O/c1-2-6-11-10-7-8-4-3-5-9-8/h1,3-5,9-10H,6-7H2. The summed E-state index contributed by atoms with van der Waals surface area (Å²) < 4.78 is 0. The monoisotopic (exact) mass is 150 g/mol. The minimum absolute atomic E-state index is 0.292. The molecule has 0 unspecified atom stereocenters. The quantitative estimate of drug-likeness (QED) is 0.376. The number of aromatic amines is 1. The largest absolute Gasteiger partial charge is 0.364 e. The first-order chi connectivity index (χ1) is 5.43. The van der Waals surface area contributed by atoms with Crippen LogP contribution in [0.5, 0.6) is 0 Å². The molecule has 0 aliphatic carbocycles. The Labute approximate surface area is 65.7 Å². The molecule has 0 aliphatic heterocycles. The van der Waals surface area contributed by atoms with E-state index in [2.05, 4.69) is 16.4 Å². The van der Waals surface area contributed by atoms with E-state index in [9.17, 15) is 0 Å². The van der Waals surface area contributed by atoms with Crippen LogP contribution in [-0.2, 0) is 11.4 Å². The Hall–Kier alpha value is -1.24. The van der Waals surface area contributed by atoms with Crippen molar-refractivity contribution < 1.29 is 4.84 Å². The minimum Gasteiger partial charge on any atom is -0.364 e. The number of aromatic nitrogens is 1. The first-order valence-corrected chi connectivity index (χ1v) is 3.34. The van der Waals surface area contributed by atoms with Crippen molar-refractivity contribution in [2.75, 3.05) is 6.61 Å². The number of hydrogen-bond donors (Lipinski definition) is 2. The van der Waals surface area contributed by atoms with Gasteiger partial charge in [-0.1, -0.05) is 5.92 Å². The van der Waals surface area contributed by atoms with Crippen LogP contribution in [-0.4, -0.2) is 11.6 Å². The van der Waals surface area contributed by atoms with Gasteiger partial charge in [-0.25, -0.2) is 0 Å². The molecule has 0 amide bonds. The Morgan fingerprint density at radius 1 is 1.73 bits per heavy atom. The molecule has 1 aromatic heterocycles. The molecule has 1 aromatic rings. The second-order valence-corrected chi connectivity index (χ2v) is 2.01. The summed E-state index contributed by atoms with van der Waals surface area (Å²) in [6, 6.07) is 3.89. The molecule has 3 nitrogen and oxygen atoms in total. The second kappa shape index (κ2) is 4.56. The number of H-pyrrole nitrogens is 1. The van der Waals surface area contributed by atoms with Gasteiger partial charge in [0, 0.05) is 11.9 Å². The summed E-state index contributed by atoms with van der Waals surface area (Å²) in [6.07, 6.45) is 6.82. The summed E-state index contributed by atoms with van der Waals surface area (Å²) in [7, 11) is 0. The lowest BCUT2D eigenvalue weighted by Gasteiger charge is -1.99. The van der Waals surface area contributed by atoms with E-state index >= 15 is 0 Å². The van der Waals surface area contributed by atoms with E-state index in [1.54, 1.807) is 0 Å². The summed E-state index contributed by atoms with van der Waals surface area (Å²) in [5.74, 6) is 2.35. The van der Waals surface area contributed by atoms with E-state index in [1.165, 1.54) is 0 Å². The molecule has 1 heterocycles. The summed E-state index contributed by atoms with van der Waals surface area (Å²) >= 11 is 0. The van der Waals surface area contributed by atoms with Crippen LogP contribution in [0.25, 0.3) is 0 Å². The fourth-order valence-electron chi connectivity index (χ4n) is 0.699. The lowest BCUT2D eigenvalue weighted by molar-refractivity contribution is 0.0608. The average molecular weight is 150 g/mol. The Bertz CT molecular complexity index is 223. The molecule has 58 valence electrons. The molecule has 0 bridgehead atoms. The van der Waals surface area contributed by atoms with Crippen molar-refractivity contribution in [1.82, 2.24) is 10.5 Å². The third-order valence-corrected chi connectivity index (χ3v) is 1.18. The van der Waals surface area contributed by atoms with Gasteiger partial charge in [-0.2, -0.15) is 5.48 Å². The fourth-order valence-corrected chi connectivity index (χ4v) is 0.699. The van der Waals surface area contributed by atoms with Crippen LogP contribution in [0, 0.1) is 12.3 Å². The first-order valence-electron chi connectivity index (χ1n) is 3.34. The van der Waals surface area contributed by atoms with Crippen molar-refractivity contribution in [3.8, 4) is 12.3 Å². The van der Waals surface area contributed by atoms with Crippen molar-refractivity contribution in [2.24, 2.45) is 0 Å². The molecule has 1 rings (SSSR count). The second-order valence-electron chi connectivity index (χ2n) is 2.01. The van der Waals surface area contributed by atoms with Crippen molar-refractivity contribution in [3.05, 3.63) is 24.0 Å². The van der Waals surface area contributed by atoms with Gasteiger partial charge in [-0.15, -0.1) is 6.42 Å². The van der Waals surface area contributed by atoms with Crippen LogP contribution in [0.2, 0.25) is 0 Å². The van der Waals surface area contributed by atoms with Gasteiger partial charge < -0.3 is 4.98 Å². The van der Waals surface area contributed by atoms with Crippen LogP contribution in [0.3, 0.4) is 0 Å². The molecule has 0 fully saturated rings. The lowest BCUT2D eigenvalue weighted by Crippen LogP contribution is -2.14. The highest BCUT2D eigenvalue weighted by molar-refractivity contribution is 5.02. The van der Waals surface area contributed by atoms with Crippen LogP contribution in [0.1, 0.15) is 5.69 Å². The third kappa shape index (κ3) is 2.89. The normalized spacial score (nSPS) is 9.36. The lowest BCUT2D eigenvalue weighted by atomic mass is 10.4. The highest BCUT2D eigenvalue weighted by atomic mass is 16.6. The molecule has 3 heteroatoms. The predicted octanol–water partition coefficient (Wildman–Crippen LogP) is 0.669. The molecule has 0 saturated carbocycles. The number of nitrogens with one attached hydrogen (secondary N) is 2. The molecular formula is C8H10N2O. The van der Waals surface area contributed by atoms with Gasteiger partial charge in [-0.05, 0) is 12.1 Å². The topological polar surface area (TPSA) is 37.0 Å². The average Bonchev–Trinajstić information content (AvgIpc) is 2.50. The molecule has 0 aromatic carbocycles. The van der Waals surface area contributed by atoms with E-state index < -0.39 is 0 Å². The Balaban J connectivity index is 2.10. The van der Waals surface area contributed by atoms with Crippen LogP contribution < -0.4 is 5.48 Å². The zero-order valence-corrected chi connectivity index (χ0v) is 6.13. The van der Waals surface area contributed by atoms with E-state index in [-0.39, 0.29) is 0 Å². The molecule has 0 saturated heterocycles. The Morgan fingerprint density at radius 3 is 3.27 bits per heavy atom. The Morgan fingerprint density at radius 2 is 2.64 bits per heavy atom. The third-order valence-electron chi connectivity index (χ3n) is 1.18. The van der Waals surface area contributed by atoms with Gasteiger partial charge in [-0.3, -0.25) is 4.84 Å². The van der Waals surface area contributed by atoms with Crippen molar-refractivity contribution in [2.45, 2.75) is 6.54 Å². The maximum atomic E-state index is 4.97. The number of rotatable bonds is 4. The van der Waals surface area contributed by atoms with Crippen LogP contribution >= 0.6 is 0 Å². The smallest absolute Gasteiger partial charge is 0.128 e. The van der Waals surface area contributed by atoms with Gasteiger partial charge in [0.05, 0.1) is 6.54 Å². The highest BCUT2D eigenvalue weighted by Gasteiger charge is 1.89. The Kier molecular flexibility index (Phi) is 3.26. The fraction of sp³-hybridized carbons (Fsp3) is 0.250. The van der Waals surface area contributed by atoms with Crippen molar-refractivity contribution >= 4 is 0 Å². The first kappa shape index (κ1) is 7.86. The number of hydrogen-bond acceptors (Lipinski definition) is 2. The van der Waals surface area contributed by atoms with E-state index in [4.69, 9.17) is 11.3 Å². The van der Waals surface area contributed by atoms with E-state index in [0.717, 1.165) is 5.69 Å². The van der Waals surface area contributed by atoms with Crippen LogP contribution in [0.4, 0.5) is 0 Å². The van der Waals surface area contributed by atoms with E-state index in [1.807, 2.05) is 18.3 Å². The van der Waals surface area contributed by atoms with E-state index in [0.29, 0.717) is 13.2 Å². The molecule has 0 atom stereocenters.